The molecule has 1 aliphatic rings. The van der Waals surface area contributed by atoms with E-state index in [0.29, 0.717) is 38.8 Å². The summed E-state index contributed by atoms with van der Waals surface area (Å²) >= 11 is 7.23. The van der Waals surface area contributed by atoms with Gasteiger partial charge >= 0.3 is 0 Å². The largest absolute Gasteiger partial charge is 0.478 e. The first-order valence-electron chi connectivity index (χ1n) is 9.59. The second-order valence-corrected chi connectivity index (χ2v) is 10.4. The van der Waals surface area contributed by atoms with Gasteiger partial charge in [0.15, 0.2) is 11.2 Å². The first kappa shape index (κ1) is 22.3. The Kier molecular flexibility index (Phi) is 5.97. The number of carbonyl (C=O) groups is 2. The van der Waals surface area contributed by atoms with Gasteiger partial charge in [0.25, 0.3) is 5.91 Å². The van der Waals surface area contributed by atoms with E-state index in [0.717, 1.165) is 17.6 Å². The number of thiazole rings is 1. The van der Waals surface area contributed by atoms with Crippen LogP contribution in [0.1, 0.15) is 13.3 Å². The summed E-state index contributed by atoms with van der Waals surface area (Å²) in [5.74, 6) is -0.225. The van der Waals surface area contributed by atoms with E-state index in [-0.39, 0.29) is 17.6 Å². The molecule has 32 heavy (non-hydrogen) atoms. The average molecular weight is 495 g/mol. The smallest absolute Gasteiger partial charge is 0.268 e. The molecule has 0 bridgehead atoms. The normalized spacial score (nSPS) is 15.9. The fourth-order valence-corrected chi connectivity index (χ4v) is 5.17. The Morgan fingerprint density at radius 3 is 2.78 bits per heavy atom. The second-order valence-electron chi connectivity index (χ2n) is 7.18. The molecule has 3 aromatic rings. The molecule has 0 saturated heterocycles. The van der Waals surface area contributed by atoms with Crippen LogP contribution >= 0.6 is 22.9 Å². The predicted octanol–water partition coefficient (Wildman–Crippen LogP) is 3.46. The van der Waals surface area contributed by atoms with Gasteiger partial charge in [-0.05, 0) is 42.8 Å². The number of carbonyl (C=O) groups excluding carboxylic acids is 2. The summed E-state index contributed by atoms with van der Waals surface area (Å²) < 4.78 is 31.6. The number of rotatable bonds is 6. The summed E-state index contributed by atoms with van der Waals surface area (Å²) in [4.78, 5) is 31.2. The Balaban J connectivity index is 1.53. The monoisotopic (exact) mass is 494 g/mol. The van der Waals surface area contributed by atoms with Crippen molar-refractivity contribution in [3.05, 3.63) is 41.4 Å². The minimum Gasteiger partial charge on any atom is -0.478 e. The highest BCUT2D eigenvalue weighted by atomic mass is 35.5. The summed E-state index contributed by atoms with van der Waals surface area (Å²) in [6.07, 6.45) is 0.836. The lowest BCUT2D eigenvalue weighted by molar-refractivity contribution is -0.128. The molecule has 2 amide bonds. The van der Waals surface area contributed by atoms with E-state index in [1.807, 2.05) is 6.92 Å². The van der Waals surface area contributed by atoms with Crippen molar-refractivity contribution in [1.82, 2.24) is 4.98 Å². The van der Waals surface area contributed by atoms with E-state index in [1.54, 1.807) is 36.4 Å². The van der Waals surface area contributed by atoms with Crippen LogP contribution in [0.3, 0.4) is 0 Å². The van der Waals surface area contributed by atoms with Crippen molar-refractivity contribution < 1.29 is 22.7 Å². The number of halogens is 1. The number of fused-ring (bicyclic) bond motifs is 2. The van der Waals surface area contributed by atoms with Crippen molar-refractivity contribution in [2.24, 2.45) is 0 Å². The van der Waals surface area contributed by atoms with Gasteiger partial charge in [0.2, 0.25) is 15.9 Å². The minimum atomic E-state index is -3.44. The number of hydrogen-bond donors (Lipinski definition) is 2. The number of aromatic nitrogens is 1. The summed E-state index contributed by atoms with van der Waals surface area (Å²) in [5, 5.41) is 3.44. The van der Waals surface area contributed by atoms with Crippen molar-refractivity contribution >= 4 is 71.5 Å². The Labute approximate surface area is 193 Å². The molecular formula is C20H19ClN4O5S2. The van der Waals surface area contributed by atoms with Crippen LogP contribution in [0.2, 0.25) is 5.02 Å². The summed E-state index contributed by atoms with van der Waals surface area (Å²) in [6.45, 7) is 1.62. The van der Waals surface area contributed by atoms with Gasteiger partial charge in [-0.1, -0.05) is 29.9 Å². The third kappa shape index (κ3) is 4.79. The van der Waals surface area contributed by atoms with E-state index in [9.17, 15) is 18.0 Å². The molecule has 2 aromatic carbocycles. The van der Waals surface area contributed by atoms with E-state index >= 15 is 0 Å². The molecule has 0 saturated carbocycles. The van der Waals surface area contributed by atoms with E-state index in [4.69, 9.17) is 16.3 Å². The maximum Gasteiger partial charge on any atom is 0.268 e. The fourth-order valence-electron chi connectivity index (χ4n) is 3.27. The highest BCUT2D eigenvalue weighted by molar-refractivity contribution is 7.92. The molecular weight excluding hydrogens is 476 g/mol. The standard InChI is InChI=1S/C20H19ClN4O5S2/c1-3-15-19(27)25(14-8-11(21)4-7-16(14)30-15)10-18(26)22-12-5-6-13-17(9-12)31-20(23-13)24-32(2,28)29/h4-9,15H,3,10H2,1-2H3,(H,22,26)(H,23,24). The van der Waals surface area contributed by atoms with Crippen LogP contribution in [0, 0.1) is 0 Å². The van der Waals surface area contributed by atoms with Crippen molar-refractivity contribution in [1.29, 1.82) is 0 Å². The van der Waals surface area contributed by atoms with Crippen molar-refractivity contribution in [3.8, 4) is 5.75 Å². The third-order valence-electron chi connectivity index (χ3n) is 4.64. The van der Waals surface area contributed by atoms with Gasteiger partial charge in [-0.3, -0.25) is 19.2 Å². The van der Waals surface area contributed by atoms with E-state index in [1.165, 1.54) is 4.90 Å². The number of nitrogens with one attached hydrogen (secondary N) is 2. The molecule has 1 aromatic heterocycles. The molecule has 0 spiro atoms. The number of hydrogen-bond acceptors (Lipinski definition) is 7. The van der Waals surface area contributed by atoms with Gasteiger partial charge in [0.05, 0.1) is 22.2 Å². The quantitative estimate of drug-likeness (QED) is 0.541. The number of sulfonamides is 1. The number of nitrogens with zero attached hydrogens (tertiary/aromatic N) is 2. The molecule has 2 N–H and O–H groups in total. The van der Waals surface area contributed by atoms with E-state index < -0.39 is 22.0 Å². The van der Waals surface area contributed by atoms with Crippen molar-refractivity contribution in [3.63, 3.8) is 0 Å². The number of anilines is 3. The zero-order chi connectivity index (χ0) is 23.0. The van der Waals surface area contributed by atoms with Crippen LogP contribution in [0.4, 0.5) is 16.5 Å². The zero-order valence-corrected chi connectivity index (χ0v) is 19.5. The van der Waals surface area contributed by atoms with Crippen LogP contribution in [-0.2, 0) is 19.6 Å². The molecule has 12 heteroatoms. The van der Waals surface area contributed by atoms with Crippen LogP contribution in [-0.4, -0.2) is 44.1 Å². The highest BCUT2D eigenvalue weighted by Gasteiger charge is 2.34. The van der Waals surface area contributed by atoms with Gasteiger partial charge in [-0.2, -0.15) is 0 Å². The Bertz CT molecular complexity index is 1320. The van der Waals surface area contributed by atoms with Gasteiger partial charge in [-0.15, -0.1) is 0 Å². The Hall–Kier alpha value is -2.89. The number of benzene rings is 2. The average Bonchev–Trinajstić information content (AvgIpc) is 3.09. The van der Waals surface area contributed by atoms with Crippen molar-refractivity contribution in [2.45, 2.75) is 19.4 Å². The lowest BCUT2D eigenvalue weighted by atomic mass is 10.1. The molecule has 1 unspecified atom stereocenters. The SMILES string of the molecule is CCC1Oc2ccc(Cl)cc2N(CC(=O)Nc2ccc3nc(NS(C)(=O)=O)sc3c2)C1=O. The maximum atomic E-state index is 12.8. The summed E-state index contributed by atoms with van der Waals surface area (Å²) in [7, 11) is -3.44. The topological polar surface area (TPSA) is 118 Å². The predicted molar refractivity (Wildman–Crippen MR) is 125 cm³/mol. The third-order valence-corrected chi connectivity index (χ3v) is 6.50. The van der Waals surface area contributed by atoms with Crippen LogP contribution in [0.5, 0.6) is 5.75 Å². The van der Waals surface area contributed by atoms with Crippen LogP contribution < -0.4 is 19.7 Å². The Morgan fingerprint density at radius 1 is 1.28 bits per heavy atom. The molecule has 2 heterocycles. The lowest BCUT2D eigenvalue weighted by Crippen LogP contribution is -2.48. The van der Waals surface area contributed by atoms with Gasteiger partial charge in [0, 0.05) is 10.7 Å². The Morgan fingerprint density at radius 2 is 2.06 bits per heavy atom. The molecule has 0 fully saturated rings. The summed E-state index contributed by atoms with van der Waals surface area (Å²) in [6, 6.07) is 9.96. The number of ether oxygens (including phenoxy) is 1. The second kappa shape index (κ2) is 8.57. The van der Waals surface area contributed by atoms with Crippen LogP contribution in [0.15, 0.2) is 36.4 Å². The summed E-state index contributed by atoms with van der Waals surface area (Å²) in [5.41, 5.74) is 1.53. The number of amides is 2. The van der Waals surface area contributed by atoms with Gasteiger partial charge in [-0.25, -0.2) is 13.4 Å². The molecule has 1 aliphatic heterocycles. The van der Waals surface area contributed by atoms with Gasteiger partial charge in [0.1, 0.15) is 12.3 Å². The minimum absolute atomic E-state index is 0.215. The molecule has 0 radical (unpaired) electrons. The lowest BCUT2D eigenvalue weighted by Gasteiger charge is -2.33. The highest BCUT2D eigenvalue weighted by Crippen LogP contribution is 2.37. The molecule has 1 atom stereocenters. The zero-order valence-electron chi connectivity index (χ0n) is 17.1. The molecule has 9 nitrogen and oxygen atoms in total. The first-order valence-corrected chi connectivity index (χ1v) is 12.7. The maximum absolute atomic E-state index is 12.8. The molecule has 168 valence electrons. The van der Waals surface area contributed by atoms with Crippen LogP contribution in [0.25, 0.3) is 10.2 Å². The van der Waals surface area contributed by atoms with Crippen molar-refractivity contribution in [2.75, 3.05) is 27.7 Å². The van der Waals surface area contributed by atoms with Gasteiger partial charge < -0.3 is 10.1 Å². The van der Waals surface area contributed by atoms with E-state index in [2.05, 4.69) is 15.0 Å². The fraction of sp³-hybridized carbons (Fsp3) is 0.250. The molecule has 0 aliphatic carbocycles. The first-order chi connectivity index (χ1) is 15.1. The molecule has 4 rings (SSSR count).